The van der Waals surface area contributed by atoms with E-state index in [0.717, 1.165) is 20.1 Å². The molecule has 1 aromatic heterocycles. The number of amides is 1. The van der Waals surface area contributed by atoms with Crippen LogP contribution in [0.15, 0.2) is 46.8 Å². The Bertz CT molecular complexity index is 924. The average molecular weight is 379 g/mol. The van der Waals surface area contributed by atoms with Gasteiger partial charge in [0.1, 0.15) is 5.08 Å². The largest absolute Gasteiger partial charge is 0.322 e. The van der Waals surface area contributed by atoms with Gasteiger partial charge in [-0.1, -0.05) is 30.0 Å². The van der Waals surface area contributed by atoms with E-state index in [1.165, 1.54) is 23.1 Å². The van der Waals surface area contributed by atoms with Crippen LogP contribution in [0.25, 0.3) is 10.2 Å². The fourth-order valence-electron chi connectivity index (χ4n) is 2.17. The Balaban J connectivity index is 1.79. The molecule has 0 fully saturated rings. The van der Waals surface area contributed by atoms with Gasteiger partial charge in [0.2, 0.25) is 0 Å². The van der Waals surface area contributed by atoms with Crippen LogP contribution in [0.5, 0.6) is 0 Å². The van der Waals surface area contributed by atoms with Crippen molar-refractivity contribution in [1.82, 2.24) is 4.98 Å². The first-order chi connectivity index (χ1) is 11.5. The highest BCUT2D eigenvalue weighted by molar-refractivity contribution is 8.10. The summed E-state index contributed by atoms with van der Waals surface area (Å²) in [6.07, 6.45) is 0. The topological polar surface area (TPSA) is 79.3 Å². The maximum atomic E-state index is 12.4. The second-order valence-electron chi connectivity index (χ2n) is 5.01. The molecule has 8 heteroatoms. The maximum Gasteiger partial charge on any atom is 0.255 e. The fraction of sp³-hybridized carbons (Fsp3) is 0.125. The molecule has 0 spiro atoms. The highest BCUT2D eigenvalue weighted by Crippen LogP contribution is 2.31. The summed E-state index contributed by atoms with van der Waals surface area (Å²) < 4.78 is 21.2. The molecule has 124 valence electrons. The van der Waals surface area contributed by atoms with Crippen LogP contribution < -0.4 is 5.32 Å². The molecule has 3 aromatic rings. The first-order valence-corrected chi connectivity index (χ1v) is 10.1. The van der Waals surface area contributed by atoms with Crippen LogP contribution in [0.2, 0.25) is 0 Å². The van der Waals surface area contributed by atoms with Gasteiger partial charge in [-0.2, -0.15) is 0 Å². The lowest BCUT2D eigenvalue weighted by Crippen LogP contribution is -2.13. The number of rotatable bonds is 5. The van der Waals surface area contributed by atoms with Gasteiger partial charge in [-0.25, -0.2) is 9.19 Å². The minimum absolute atomic E-state index is 0.0939. The molecule has 3 rings (SSSR count). The second-order valence-corrected chi connectivity index (χ2v) is 8.57. The first-order valence-electron chi connectivity index (χ1n) is 7.01. The molecule has 1 unspecified atom stereocenters. The molecule has 0 aliphatic heterocycles. The molecule has 1 atom stereocenters. The van der Waals surface area contributed by atoms with Gasteiger partial charge in [0.25, 0.3) is 5.91 Å². The molecule has 5 nitrogen and oxygen atoms in total. The van der Waals surface area contributed by atoms with Crippen LogP contribution in [-0.4, -0.2) is 24.7 Å². The Morgan fingerprint density at radius 2 is 2.12 bits per heavy atom. The Morgan fingerprint density at radius 3 is 2.88 bits per heavy atom. The summed E-state index contributed by atoms with van der Waals surface area (Å²) in [6, 6.07) is 12.9. The number of hydrogen-bond acceptors (Lipinski definition) is 5. The van der Waals surface area contributed by atoms with Gasteiger partial charge in [-0.05, 0) is 36.8 Å². The molecule has 2 N–H and O–H groups in total. The Hall–Kier alpha value is -1.74. The number of thiazole rings is 1. The number of fused-ring (bicyclic) bond motifs is 1. The molecule has 0 radical (unpaired) electrons. The lowest BCUT2D eigenvalue weighted by atomic mass is 10.1. The molecule has 0 saturated heterocycles. The van der Waals surface area contributed by atoms with Crippen LogP contribution in [0.3, 0.4) is 0 Å². The third-order valence-corrected chi connectivity index (χ3v) is 6.33. The van der Waals surface area contributed by atoms with Crippen LogP contribution >= 0.6 is 23.1 Å². The number of aromatic nitrogens is 1. The summed E-state index contributed by atoms with van der Waals surface area (Å²) in [6.45, 7) is 1.90. The van der Waals surface area contributed by atoms with Crippen LogP contribution in [-0.2, 0) is 11.1 Å². The number of thioether (sulfide) groups is 1. The number of hydrogen-bond donors (Lipinski definition) is 2. The van der Waals surface area contributed by atoms with Crippen molar-refractivity contribution in [2.45, 2.75) is 11.3 Å². The van der Waals surface area contributed by atoms with Gasteiger partial charge < -0.3 is 9.87 Å². The fourth-order valence-corrected chi connectivity index (χ4v) is 4.81. The molecule has 0 saturated carbocycles. The van der Waals surface area contributed by atoms with Crippen molar-refractivity contribution in [1.29, 1.82) is 0 Å². The zero-order valence-electron chi connectivity index (χ0n) is 12.7. The van der Waals surface area contributed by atoms with E-state index in [9.17, 15) is 9.00 Å². The highest BCUT2D eigenvalue weighted by atomic mass is 32.2. The minimum Gasteiger partial charge on any atom is -0.322 e. The Labute approximate surface area is 149 Å². The molecular weight excluding hydrogens is 364 g/mol. The quantitative estimate of drug-likeness (QED) is 0.515. The van der Waals surface area contributed by atoms with Crippen molar-refractivity contribution in [2.75, 3.05) is 10.4 Å². The second kappa shape index (κ2) is 7.43. The van der Waals surface area contributed by atoms with Crippen molar-refractivity contribution in [3.63, 3.8) is 0 Å². The predicted molar refractivity (Wildman–Crippen MR) is 100 cm³/mol. The number of nitrogens with one attached hydrogen (secondary N) is 1. The number of carbonyl (C=O) groups is 1. The Kier molecular flexibility index (Phi) is 5.30. The zero-order chi connectivity index (χ0) is 17.1. The van der Waals surface area contributed by atoms with E-state index in [-0.39, 0.29) is 11.0 Å². The van der Waals surface area contributed by atoms with Gasteiger partial charge in [0, 0.05) is 11.3 Å². The van der Waals surface area contributed by atoms with Gasteiger partial charge >= 0.3 is 0 Å². The molecule has 1 heterocycles. The third-order valence-electron chi connectivity index (χ3n) is 3.30. The van der Waals surface area contributed by atoms with E-state index in [2.05, 4.69) is 10.3 Å². The van der Waals surface area contributed by atoms with Crippen LogP contribution in [0.1, 0.15) is 15.9 Å². The van der Waals surface area contributed by atoms with Crippen molar-refractivity contribution in [2.24, 2.45) is 0 Å². The molecule has 1 amide bonds. The van der Waals surface area contributed by atoms with Crippen molar-refractivity contribution < 1.29 is 13.6 Å². The number of benzene rings is 2. The molecular formula is C16H14N2O3S3. The molecule has 0 aliphatic rings. The Morgan fingerprint density at radius 1 is 1.33 bits per heavy atom. The number of anilines is 1. The number of nitrogens with zero attached hydrogens (tertiary/aromatic N) is 1. The number of aryl methyl sites for hydroxylation is 1. The van der Waals surface area contributed by atoms with Crippen LogP contribution in [0, 0.1) is 6.92 Å². The standard InChI is InChI=1S/C16H14N2O3S3/c1-10-4-2-3-5-12(10)15(19)17-11-6-7-13-14(8-11)23-16(18-13)22-9-24(20)21/h2-8H,9H2,1H3,(H,17,19)(H,20,21). The average Bonchev–Trinajstić information content (AvgIpc) is 2.95. The van der Waals surface area contributed by atoms with E-state index in [4.69, 9.17) is 4.55 Å². The van der Waals surface area contributed by atoms with Gasteiger partial charge in [-0.15, -0.1) is 11.3 Å². The van der Waals surface area contributed by atoms with E-state index in [1.54, 1.807) is 12.1 Å². The van der Waals surface area contributed by atoms with Gasteiger partial charge in [-0.3, -0.25) is 4.79 Å². The van der Waals surface area contributed by atoms with E-state index in [0.29, 0.717) is 11.3 Å². The molecule has 0 bridgehead atoms. The highest BCUT2D eigenvalue weighted by Gasteiger charge is 2.11. The lowest BCUT2D eigenvalue weighted by Gasteiger charge is -2.07. The lowest BCUT2D eigenvalue weighted by molar-refractivity contribution is 0.102. The summed E-state index contributed by atoms with van der Waals surface area (Å²) >= 11 is 0.826. The normalized spacial score (nSPS) is 12.2. The maximum absolute atomic E-state index is 12.4. The van der Waals surface area contributed by atoms with Gasteiger partial charge in [0.05, 0.1) is 10.2 Å². The van der Waals surface area contributed by atoms with Crippen molar-refractivity contribution >= 4 is 56.0 Å². The van der Waals surface area contributed by atoms with Crippen molar-refractivity contribution in [3.05, 3.63) is 53.6 Å². The van der Waals surface area contributed by atoms with Crippen molar-refractivity contribution in [3.8, 4) is 0 Å². The van der Waals surface area contributed by atoms with Gasteiger partial charge in [0.15, 0.2) is 15.4 Å². The monoisotopic (exact) mass is 378 g/mol. The summed E-state index contributed by atoms with van der Waals surface area (Å²) in [7, 11) is 0. The third kappa shape index (κ3) is 4.02. The molecule has 24 heavy (non-hydrogen) atoms. The molecule has 2 aromatic carbocycles. The summed E-state index contributed by atoms with van der Waals surface area (Å²) in [4.78, 5) is 16.8. The van der Waals surface area contributed by atoms with Crippen LogP contribution in [0.4, 0.5) is 5.69 Å². The summed E-state index contributed by atoms with van der Waals surface area (Å²) in [5.74, 6) is -0.151. The predicted octanol–water partition coefficient (Wildman–Crippen LogP) is 4.13. The smallest absolute Gasteiger partial charge is 0.255 e. The van der Waals surface area contributed by atoms with E-state index < -0.39 is 11.1 Å². The summed E-state index contributed by atoms with van der Waals surface area (Å²) in [5, 5.41) is 2.99. The van der Waals surface area contributed by atoms with E-state index >= 15 is 0 Å². The van der Waals surface area contributed by atoms with E-state index in [1.807, 2.05) is 37.3 Å². The summed E-state index contributed by atoms with van der Waals surface area (Å²) in [5.41, 5.74) is 3.06. The number of carbonyl (C=O) groups excluding carboxylic acids is 1. The minimum atomic E-state index is -1.85. The zero-order valence-corrected chi connectivity index (χ0v) is 15.1. The SMILES string of the molecule is Cc1ccccc1C(=O)Nc1ccc2nc(SCS(=O)O)sc2c1. The first kappa shape index (κ1) is 17.1. The molecule has 0 aliphatic carbocycles.